The van der Waals surface area contributed by atoms with Gasteiger partial charge in [-0.2, -0.15) is 0 Å². The summed E-state index contributed by atoms with van der Waals surface area (Å²) in [6.07, 6.45) is 2.40. The van der Waals surface area contributed by atoms with E-state index in [2.05, 4.69) is 26.1 Å². The van der Waals surface area contributed by atoms with Gasteiger partial charge in [0.1, 0.15) is 5.75 Å². The van der Waals surface area contributed by atoms with Crippen molar-refractivity contribution < 1.29 is 5.11 Å². The zero-order valence-electron chi connectivity index (χ0n) is 9.88. The molecule has 0 amide bonds. The van der Waals surface area contributed by atoms with Crippen molar-refractivity contribution in [2.24, 2.45) is 0 Å². The molecule has 0 unspecified atom stereocenters. The minimum atomic E-state index is -0.0249. The highest BCUT2D eigenvalue weighted by atomic mass is 16.3. The maximum absolute atomic E-state index is 9.22. The van der Waals surface area contributed by atoms with Crippen LogP contribution in [0, 0.1) is 0 Å². The first-order valence-corrected chi connectivity index (χ1v) is 5.61. The van der Waals surface area contributed by atoms with E-state index in [1.807, 2.05) is 12.1 Å². The van der Waals surface area contributed by atoms with Crippen LogP contribution in [0.4, 0.5) is 0 Å². The van der Waals surface area contributed by atoms with Crippen LogP contribution in [0.25, 0.3) is 0 Å². The molecule has 0 saturated carbocycles. The number of phenols is 1. The Morgan fingerprint density at radius 1 is 1.20 bits per heavy atom. The van der Waals surface area contributed by atoms with Gasteiger partial charge in [0, 0.05) is 5.54 Å². The van der Waals surface area contributed by atoms with E-state index in [9.17, 15) is 5.11 Å². The van der Waals surface area contributed by atoms with Gasteiger partial charge in [0.2, 0.25) is 0 Å². The molecule has 2 N–H and O–H groups in total. The number of hydrogen-bond acceptors (Lipinski definition) is 2. The maximum atomic E-state index is 9.22. The van der Waals surface area contributed by atoms with Crippen LogP contribution in [0.3, 0.4) is 0 Å². The predicted molar refractivity (Wildman–Crippen MR) is 64.0 cm³/mol. The van der Waals surface area contributed by atoms with E-state index in [0.29, 0.717) is 5.75 Å². The SMILES string of the molecule is CCCCNC(C)(C)c1ccc(O)cc1. The summed E-state index contributed by atoms with van der Waals surface area (Å²) in [7, 11) is 0. The molecule has 15 heavy (non-hydrogen) atoms. The Morgan fingerprint density at radius 3 is 2.33 bits per heavy atom. The fraction of sp³-hybridized carbons (Fsp3) is 0.538. The quantitative estimate of drug-likeness (QED) is 0.727. The molecule has 2 nitrogen and oxygen atoms in total. The third kappa shape index (κ3) is 3.56. The number of nitrogens with one attached hydrogen (secondary N) is 1. The predicted octanol–water partition coefficient (Wildman–Crippen LogP) is 3.02. The monoisotopic (exact) mass is 207 g/mol. The van der Waals surface area contributed by atoms with Gasteiger partial charge in [0.05, 0.1) is 0 Å². The Bertz CT molecular complexity index is 290. The first-order chi connectivity index (χ1) is 7.06. The lowest BCUT2D eigenvalue weighted by molar-refractivity contribution is 0.398. The molecule has 0 bridgehead atoms. The summed E-state index contributed by atoms with van der Waals surface area (Å²) in [4.78, 5) is 0. The van der Waals surface area contributed by atoms with Crippen molar-refractivity contribution in [2.75, 3.05) is 6.54 Å². The van der Waals surface area contributed by atoms with Gasteiger partial charge in [-0.25, -0.2) is 0 Å². The summed E-state index contributed by atoms with van der Waals surface area (Å²) in [5, 5.41) is 12.7. The first-order valence-electron chi connectivity index (χ1n) is 5.61. The van der Waals surface area contributed by atoms with Crippen molar-refractivity contribution in [1.82, 2.24) is 5.32 Å². The molecule has 0 aliphatic heterocycles. The molecule has 0 spiro atoms. The molecule has 1 aromatic carbocycles. The Labute approximate surface area is 92.3 Å². The van der Waals surface area contributed by atoms with Crippen LogP contribution in [0.1, 0.15) is 39.2 Å². The molecule has 0 atom stereocenters. The molecule has 0 aromatic heterocycles. The summed E-state index contributed by atoms with van der Waals surface area (Å²) >= 11 is 0. The maximum Gasteiger partial charge on any atom is 0.115 e. The summed E-state index contributed by atoms with van der Waals surface area (Å²) in [5.41, 5.74) is 1.18. The van der Waals surface area contributed by atoms with Crippen molar-refractivity contribution in [3.05, 3.63) is 29.8 Å². The van der Waals surface area contributed by atoms with Crippen LogP contribution < -0.4 is 5.32 Å². The standard InChI is InChI=1S/C13H21NO/c1-4-5-10-14-13(2,3)11-6-8-12(15)9-7-11/h6-9,14-15H,4-5,10H2,1-3H3. The molecule has 0 radical (unpaired) electrons. The third-order valence-corrected chi connectivity index (χ3v) is 2.69. The Kier molecular flexibility index (Phi) is 4.15. The lowest BCUT2D eigenvalue weighted by Gasteiger charge is -2.27. The van der Waals surface area contributed by atoms with Crippen molar-refractivity contribution in [3.8, 4) is 5.75 Å². The van der Waals surface area contributed by atoms with E-state index in [1.165, 1.54) is 18.4 Å². The highest BCUT2D eigenvalue weighted by molar-refractivity contribution is 5.30. The average Bonchev–Trinajstić information content (AvgIpc) is 2.18. The molecule has 0 aliphatic rings. The Hall–Kier alpha value is -1.02. The number of phenolic OH excluding ortho intramolecular Hbond substituents is 1. The minimum Gasteiger partial charge on any atom is -0.508 e. The van der Waals surface area contributed by atoms with Gasteiger partial charge in [0.25, 0.3) is 0 Å². The molecule has 0 aliphatic carbocycles. The van der Waals surface area contributed by atoms with E-state index in [1.54, 1.807) is 12.1 Å². The smallest absolute Gasteiger partial charge is 0.115 e. The molecule has 2 heteroatoms. The summed E-state index contributed by atoms with van der Waals surface area (Å²) in [5.74, 6) is 0.322. The van der Waals surface area contributed by atoms with Gasteiger partial charge in [0.15, 0.2) is 0 Å². The second kappa shape index (κ2) is 5.17. The van der Waals surface area contributed by atoms with Crippen LogP contribution in [0.2, 0.25) is 0 Å². The van der Waals surface area contributed by atoms with E-state index < -0.39 is 0 Å². The highest BCUT2D eigenvalue weighted by Crippen LogP contribution is 2.22. The second-order valence-electron chi connectivity index (χ2n) is 4.45. The van der Waals surface area contributed by atoms with Crippen molar-refractivity contribution in [1.29, 1.82) is 0 Å². The van der Waals surface area contributed by atoms with Gasteiger partial charge in [-0.15, -0.1) is 0 Å². The third-order valence-electron chi connectivity index (χ3n) is 2.69. The average molecular weight is 207 g/mol. The lowest BCUT2D eigenvalue weighted by atomic mass is 9.94. The van der Waals surface area contributed by atoms with Crippen LogP contribution in [0.15, 0.2) is 24.3 Å². The van der Waals surface area contributed by atoms with Gasteiger partial charge in [-0.3, -0.25) is 0 Å². The highest BCUT2D eigenvalue weighted by Gasteiger charge is 2.18. The van der Waals surface area contributed by atoms with Gasteiger partial charge >= 0.3 is 0 Å². The first kappa shape index (κ1) is 12.1. The molecular formula is C13H21NO. The minimum absolute atomic E-state index is 0.0249. The van der Waals surface area contributed by atoms with Crippen molar-refractivity contribution in [2.45, 2.75) is 39.2 Å². The van der Waals surface area contributed by atoms with Crippen molar-refractivity contribution >= 4 is 0 Å². The van der Waals surface area contributed by atoms with Crippen LogP contribution in [-0.2, 0) is 5.54 Å². The summed E-state index contributed by atoms with van der Waals surface area (Å²) in [6, 6.07) is 7.40. The Morgan fingerprint density at radius 2 is 1.80 bits per heavy atom. The van der Waals surface area contributed by atoms with Crippen LogP contribution in [0.5, 0.6) is 5.75 Å². The van der Waals surface area contributed by atoms with E-state index >= 15 is 0 Å². The fourth-order valence-corrected chi connectivity index (χ4v) is 1.56. The summed E-state index contributed by atoms with van der Waals surface area (Å²) in [6.45, 7) is 7.55. The van der Waals surface area contributed by atoms with E-state index in [0.717, 1.165) is 6.54 Å². The normalized spacial score (nSPS) is 11.7. The number of unbranched alkanes of at least 4 members (excludes halogenated alkanes) is 1. The largest absolute Gasteiger partial charge is 0.508 e. The molecule has 1 rings (SSSR count). The number of rotatable bonds is 5. The molecule has 0 fully saturated rings. The van der Waals surface area contributed by atoms with Crippen LogP contribution in [-0.4, -0.2) is 11.7 Å². The van der Waals surface area contributed by atoms with Crippen molar-refractivity contribution in [3.63, 3.8) is 0 Å². The molecule has 84 valence electrons. The molecule has 0 heterocycles. The van der Waals surface area contributed by atoms with E-state index in [4.69, 9.17) is 0 Å². The zero-order valence-corrected chi connectivity index (χ0v) is 9.88. The second-order valence-corrected chi connectivity index (χ2v) is 4.45. The molecular weight excluding hydrogens is 186 g/mol. The molecule has 0 saturated heterocycles. The fourth-order valence-electron chi connectivity index (χ4n) is 1.56. The topological polar surface area (TPSA) is 32.3 Å². The lowest BCUT2D eigenvalue weighted by Crippen LogP contribution is -2.37. The van der Waals surface area contributed by atoms with Crippen LogP contribution >= 0.6 is 0 Å². The number of hydrogen-bond donors (Lipinski definition) is 2. The summed E-state index contributed by atoms with van der Waals surface area (Å²) < 4.78 is 0. The van der Waals surface area contributed by atoms with Gasteiger partial charge in [-0.1, -0.05) is 25.5 Å². The Balaban J connectivity index is 2.63. The van der Waals surface area contributed by atoms with Gasteiger partial charge < -0.3 is 10.4 Å². The van der Waals surface area contributed by atoms with Gasteiger partial charge in [-0.05, 0) is 44.5 Å². The number of benzene rings is 1. The molecule has 1 aromatic rings. The zero-order chi connectivity index (χ0) is 11.3. The number of aromatic hydroxyl groups is 1. The van der Waals surface area contributed by atoms with E-state index in [-0.39, 0.29) is 5.54 Å².